The van der Waals surface area contributed by atoms with Crippen LogP contribution in [-0.2, 0) is 18.0 Å². The van der Waals surface area contributed by atoms with Crippen molar-refractivity contribution < 1.29 is 28.3 Å². The van der Waals surface area contributed by atoms with Crippen molar-refractivity contribution in [3.05, 3.63) is 0 Å². The fraction of sp³-hybridized carbons (Fsp3) is 1.00. The third-order valence-corrected chi connectivity index (χ3v) is 7.91. The second-order valence-corrected chi connectivity index (χ2v) is 11.2. The Labute approximate surface area is 202 Å². The van der Waals surface area contributed by atoms with E-state index in [1.807, 2.05) is 6.92 Å². The van der Waals surface area contributed by atoms with Crippen LogP contribution in [0.15, 0.2) is 0 Å². The van der Waals surface area contributed by atoms with Gasteiger partial charge in [0.2, 0.25) is 10.5 Å². The molecule has 0 fully saturated rings. The zero-order valence-electron chi connectivity index (χ0n) is 21.4. The third-order valence-electron chi connectivity index (χ3n) is 6.72. The SMILES string of the molecule is CC(C)CCCCCCCCCCCCCCCC(C)C(CO)(CO)CO[Si](=O)OO[SiH3]. The monoisotopic (exact) mass is 492 g/mol. The predicted octanol–water partition coefficient (Wildman–Crippen LogP) is 4.76. The average Bonchev–Trinajstić information content (AvgIpc) is 2.77. The molecule has 0 bridgehead atoms. The molecular weight excluding hydrogens is 440 g/mol. The van der Waals surface area contributed by atoms with Crippen LogP contribution in [0.5, 0.6) is 0 Å². The van der Waals surface area contributed by atoms with Gasteiger partial charge in [0.15, 0.2) is 0 Å². The number of rotatable bonds is 24. The minimum atomic E-state index is -2.74. The number of aliphatic hydroxyl groups is 2. The van der Waals surface area contributed by atoms with E-state index in [1.165, 1.54) is 83.5 Å². The highest BCUT2D eigenvalue weighted by Crippen LogP contribution is 2.31. The summed E-state index contributed by atoms with van der Waals surface area (Å²) in [5.41, 5.74) is -0.802. The van der Waals surface area contributed by atoms with Crippen LogP contribution >= 0.6 is 0 Å². The minimum Gasteiger partial charge on any atom is -0.494 e. The molecule has 0 radical (unpaired) electrons. The lowest BCUT2D eigenvalue weighted by molar-refractivity contribution is -0.133. The van der Waals surface area contributed by atoms with Gasteiger partial charge in [0.05, 0.1) is 25.2 Å². The molecule has 1 atom stereocenters. The minimum absolute atomic E-state index is 0.00181. The second-order valence-electron chi connectivity index (χ2n) is 9.94. The number of aliphatic hydroxyl groups excluding tert-OH is 2. The van der Waals surface area contributed by atoms with E-state index in [0.717, 1.165) is 18.8 Å². The third kappa shape index (κ3) is 16.3. The first-order chi connectivity index (χ1) is 15.4. The van der Waals surface area contributed by atoms with Crippen molar-refractivity contribution in [2.24, 2.45) is 17.3 Å². The molecule has 192 valence electrons. The Morgan fingerprint density at radius 2 is 1.16 bits per heavy atom. The zero-order chi connectivity index (χ0) is 24.1. The highest BCUT2D eigenvalue weighted by molar-refractivity contribution is 6.26. The largest absolute Gasteiger partial charge is 0.800 e. The molecule has 0 heterocycles. The van der Waals surface area contributed by atoms with Crippen LogP contribution in [0.4, 0.5) is 0 Å². The van der Waals surface area contributed by atoms with Crippen molar-refractivity contribution in [2.75, 3.05) is 19.8 Å². The quantitative estimate of drug-likeness (QED) is 0.0874. The van der Waals surface area contributed by atoms with Gasteiger partial charge in [0, 0.05) is 0 Å². The first-order valence-electron chi connectivity index (χ1n) is 13.0. The lowest BCUT2D eigenvalue weighted by atomic mass is 9.75. The summed E-state index contributed by atoms with van der Waals surface area (Å²) in [4.78, 5) is 0. The molecule has 0 aromatic carbocycles. The van der Waals surface area contributed by atoms with E-state index in [9.17, 15) is 14.7 Å². The molecule has 0 amide bonds. The maximum atomic E-state index is 11.5. The fourth-order valence-corrected chi connectivity index (χ4v) is 5.14. The molecule has 32 heavy (non-hydrogen) atoms. The van der Waals surface area contributed by atoms with Crippen LogP contribution in [0.2, 0.25) is 0 Å². The zero-order valence-corrected chi connectivity index (χ0v) is 24.4. The molecule has 2 N–H and O–H groups in total. The highest BCUT2D eigenvalue weighted by Gasteiger charge is 2.37. The van der Waals surface area contributed by atoms with Crippen molar-refractivity contribution in [3.8, 4) is 0 Å². The fourth-order valence-electron chi connectivity index (χ4n) is 4.14. The van der Waals surface area contributed by atoms with Crippen molar-refractivity contribution in [3.63, 3.8) is 0 Å². The summed E-state index contributed by atoms with van der Waals surface area (Å²) >= 11 is 0. The Hall–Kier alpha value is -0.286. The molecule has 0 saturated carbocycles. The molecule has 8 heteroatoms. The van der Waals surface area contributed by atoms with Gasteiger partial charge in [-0.3, -0.25) is 9.04 Å². The van der Waals surface area contributed by atoms with Gasteiger partial charge in [-0.2, -0.15) is 0 Å². The standard InChI is InChI=1S/C24H52O6Si2/c1-22(2)17-15-13-11-9-7-5-4-6-8-10-12-14-16-18-23(3)24(19-25,20-26)21-28-32(27)30-29-31/h22-23,25-26H,4-21H2,1-3,31H3. The smallest absolute Gasteiger partial charge is 0.494 e. The van der Waals surface area contributed by atoms with Crippen LogP contribution in [0.3, 0.4) is 0 Å². The summed E-state index contributed by atoms with van der Waals surface area (Å²) < 4.78 is 25.7. The van der Waals surface area contributed by atoms with Gasteiger partial charge in [-0.15, -0.1) is 0 Å². The van der Waals surface area contributed by atoms with E-state index in [-0.39, 0.29) is 25.7 Å². The molecule has 0 aliphatic heterocycles. The number of hydrogen-bond acceptors (Lipinski definition) is 6. The first kappa shape index (κ1) is 31.7. The van der Waals surface area contributed by atoms with Gasteiger partial charge in [0.1, 0.15) is 0 Å². The maximum Gasteiger partial charge on any atom is 0.800 e. The van der Waals surface area contributed by atoms with Crippen molar-refractivity contribution in [1.82, 2.24) is 0 Å². The summed E-state index contributed by atoms with van der Waals surface area (Å²) in [5.74, 6) is 0.916. The summed E-state index contributed by atoms with van der Waals surface area (Å²) in [6.45, 7) is 6.22. The van der Waals surface area contributed by atoms with Gasteiger partial charge in [-0.05, 0) is 18.3 Å². The first-order valence-corrected chi connectivity index (χ1v) is 15.0. The van der Waals surface area contributed by atoms with Crippen molar-refractivity contribution in [1.29, 1.82) is 0 Å². The van der Waals surface area contributed by atoms with E-state index >= 15 is 0 Å². The molecular formula is C24H52O6Si2. The van der Waals surface area contributed by atoms with E-state index in [2.05, 4.69) is 23.0 Å². The molecule has 0 aromatic heterocycles. The molecule has 0 spiro atoms. The van der Waals surface area contributed by atoms with E-state index in [4.69, 9.17) is 4.43 Å². The van der Waals surface area contributed by atoms with E-state index in [0.29, 0.717) is 10.5 Å². The number of unbranched alkanes of at least 4 members (excludes halogenated alkanes) is 12. The lowest BCUT2D eigenvalue weighted by Gasteiger charge is -2.35. The highest BCUT2D eigenvalue weighted by atomic mass is 28.3. The second kappa shape index (κ2) is 21.3. The predicted molar refractivity (Wildman–Crippen MR) is 134 cm³/mol. The Morgan fingerprint density at radius 3 is 1.53 bits per heavy atom. The topological polar surface area (TPSA) is 85.2 Å². The van der Waals surface area contributed by atoms with E-state index < -0.39 is 14.6 Å². The summed E-state index contributed by atoms with van der Waals surface area (Å²) in [7, 11) is -2.43. The van der Waals surface area contributed by atoms with Gasteiger partial charge >= 0.3 is 9.17 Å². The van der Waals surface area contributed by atoms with Crippen LogP contribution in [-0.4, -0.2) is 49.7 Å². The lowest BCUT2D eigenvalue weighted by Crippen LogP contribution is -2.42. The summed E-state index contributed by atoms with van der Waals surface area (Å²) in [5, 5.41) is 19.7. The Morgan fingerprint density at radius 1 is 0.750 bits per heavy atom. The van der Waals surface area contributed by atoms with Crippen LogP contribution in [0.25, 0.3) is 0 Å². The molecule has 0 saturated heterocycles. The van der Waals surface area contributed by atoms with E-state index in [1.54, 1.807) is 0 Å². The molecule has 0 aliphatic rings. The molecule has 0 aliphatic carbocycles. The molecule has 0 rings (SSSR count). The summed E-state index contributed by atoms with van der Waals surface area (Å²) in [6, 6.07) is 0. The van der Waals surface area contributed by atoms with Crippen molar-refractivity contribution >= 4 is 19.7 Å². The Kier molecular flexibility index (Phi) is 21.1. The van der Waals surface area contributed by atoms with Gasteiger partial charge in [-0.1, -0.05) is 111 Å². The number of hydrogen-bond donors (Lipinski definition) is 2. The molecule has 0 aromatic rings. The molecule has 1 unspecified atom stereocenters. The van der Waals surface area contributed by atoms with Gasteiger partial charge in [-0.25, -0.2) is 0 Å². The van der Waals surface area contributed by atoms with Crippen LogP contribution in [0.1, 0.15) is 117 Å². The van der Waals surface area contributed by atoms with Crippen LogP contribution < -0.4 is 0 Å². The Balaban J connectivity index is 3.69. The van der Waals surface area contributed by atoms with Crippen molar-refractivity contribution in [2.45, 2.75) is 117 Å². The Bertz CT molecular complexity index is 433. The average molecular weight is 493 g/mol. The van der Waals surface area contributed by atoms with Crippen LogP contribution in [0, 0.1) is 17.3 Å². The molecule has 6 nitrogen and oxygen atoms in total. The summed E-state index contributed by atoms with van der Waals surface area (Å²) in [6.07, 6.45) is 19.5. The normalized spacial score (nSPS) is 12.9. The maximum absolute atomic E-state index is 11.5. The van der Waals surface area contributed by atoms with Gasteiger partial charge in [0.25, 0.3) is 0 Å². The van der Waals surface area contributed by atoms with Gasteiger partial charge < -0.3 is 19.2 Å².